The normalized spacial score (nSPS) is 30.1. The van der Waals surface area contributed by atoms with Crippen molar-refractivity contribution in [3.05, 3.63) is 0 Å². The third kappa shape index (κ3) is 30.5. The standard InChI is InChI=1S/C84H154O8/c1-61(19-13-23-65(5)75-41-38-72(55-75)30-16-22-64(4)53-83(85)87-9)31-34-70(28-18-26-68(8)78-45-47-81(59-78)79-43-39-73(56-79)50-52-92-90-12)36-35-69(27-17-25-66(6)76-42-37-71(54-76)29-15-21-63(3)49-51-91-89-11)33-32-62(2)20-14-24-67(7)77-46-48-82(60-77)80-44-40-74(57-80)58-84(86)88-10/h61-82H,13-60H2,1-12H3/t61-,62-,63+,64+,65+,66+,67+,68+,69-,70-,71-,72-,73+,74-,75-,76-,77-,78-,79?,80?,81-,82-/m0/s1. The van der Waals surface area contributed by atoms with E-state index >= 15 is 0 Å². The van der Waals surface area contributed by atoms with Crippen LogP contribution in [-0.2, 0) is 38.6 Å². The van der Waals surface area contributed by atoms with Crippen LogP contribution in [0, 0.1) is 130 Å². The van der Waals surface area contributed by atoms with Crippen molar-refractivity contribution >= 4 is 11.9 Å². The van der Waals surface area contributed by atoms with Crippen molar-refractivity contribution in [1.29, 1.82) is 0 Å². The number of esters is 2. The zero-order chi connectivity index (χ0) is 66.0. The quantitative estimate of drug-likeness (QED) is 0.0258. The van der Waals surface area contributed by atoms with E-state index in [1.54, 1.807) is 21.3 Å². The van der Waals surface area contributed by atoms with E-state index in [1.165, 1.54) is 277 Å². The van der Waals surface area contributed by atoms with Crippen LogP contribution in [-0.4, -0.2) is 53.6 Å². The van der Waals surface area contributed by atoms with Gasteiger partial charge >= 0.3 is 11.9 Å². The van der Waals surface area contributed by atoms with Crippen LogP contribution in [0.4, 0.5) is 0 Å². The van der Waals surface area contributed by atoms with E-state index in [2.05, 4.69) is 55.4 Å². The highest BCUT2D eigenvalue weighted by molar-refractivity contribution is 5.69. The number of carbonyl (C=O) groups is 2. The van der Waals surface area contributed by atoms with E-state index in [4.69, 9.17) is 29.0 Å². The molecule has 0 aromatic heterocycles. The van der Waals surface area contributed by atoms with E-state index in [1.807, 2.05) is 0 Å². The van der Waals surface area contributed by atoms with Crippen LogP contribution in [0.5, 0.6) is 0 Å². The molecule has 6 aliphatic carbocycles. The first kappa shape index (κ1) is 79.8. The molecule has 2 unspecified atom stereocenters. The molecule has 538 valence electrons. The second kappa shape index (κ2) is 45.4. The lowest BCUT2D eigenvalue weighted by Crippen LogP contribution is -2.14. The predicted molar refractivity (Wildman–Crippen MR) is 385 cm³/mol. The molecule has 0 spiro atoms. The lowest BCUT2D eigenvalue weighted by atomic mass is 9.79. The van der Waals surface area contributed by atoms with Crippen LogP contribution >= 0.6 is 0 Å². The molecule has 0 aromatic rings. The second-order valence-electron chi connectivity index (χ2n) is 34.9. The van der Waals surface area contributed by atoms with Crippen LogP contribution < -0.4 is 0 Å². The van der Waals surface area contributed by atoms with Gasteiger partial charge in [-0.3, -0.25) is 9.59 Å². The summed E-state index contributed by atoms with van der Waals surface area (Å²) in [6, 6.07) is 0. The Morgan fingerprint density at radius 1 is 0.315 bits per heavy atom. The third-order valence-electron chi connectivity index (χ3n) is 27.9. The van der Waals surface area contributed by atoms with E-state index in [0.717, 1.165) is 138 Å². The van der Waals surface area contributed by atoms with Crippen LogP contribution in [0.25, 0.3) is 0 Å². The first-order valence-electron chi connectivity index (χ1n) is 41.0. The summed E-state index contributed by atoms with van der Waals surface area (Å²) in [5.41, 5.74) is 0. The lowest BCUT2D eigenvalue weighted by Gasteiger charge is -2.26. The molecule has 22 atom stereocenters. The van der Waals surface area contributed by atoms with Crippen molar-refractivity contribution in [1.82, 2.24) is 0 Å². The van der Waals surface area contributed by atoms with Gasteiger partial charge in [0.05, 0.1) is 41.7 Å². The molecule has 92 heavy (non-hydrogen) atoms. The molecule has 0 saturated heterocycles. The smallest absolute Gasteiger partial charge is 0.305 e. The molecule has 6 rings (SSSR count). The second-order valence-corrected chi connectivity index (χ2v) is 34.9. The fraction of sp³-hybridized carbons (Fsp3) is 0.976. The molecule has 0 radical (unpaired) electrons. The van der Waals surface area contributed by atoms with Gasteiger partial charge in [0, 0.05) is 12.8 Å². The number of carbonyl (C=O) groups excluding carboxylic acids is 2. The topological polar surface area (TPSA) is 89.5 Å². The molecule has 0 N–H and O–H groups in total. The zero-order valence-corrected chi connectivity index (χ0v) is 62.9. The van der Waals surface area contributed by atoms with E-state index in [0.29, 0.717) is 31.3 Å². The summed E-state index contributed by atoms with van der Waals surface area (Å²) in [5, 5.41) is 0. The van der Waals surface area contributed by atoms with Crippen molar-refractivity contribution in [3.8, 4) is 0 Å². The van der Waals surface area contributed by atoms with Gasteiger partial charge in [0.1, 0.15) is 0 Å². The van der Waals surface area contributed by atoms with E-state index in [-0.39, 0.29) is 11.9 Å². The van der Waals surface area contributed by atoms with E-state index < -0.39 is 0 Å². The van der Waals surface area contributed by atoms with Crippen LogP contribution in [0.3, 0.4) is 0 Å². The van der Waals surface area contributed by atoms with Gasteiger partial charge in [-0.05, 0) is 239 Å². The highest BCUT2D eigenvalue weighted by atomic mass is 17.2. The van der Waals surface area contributed by atoms with Crippen molar-refractivity contribution < 1.29 is 38.6 Å². The highest BCUT2D eigenvalue weighted by Gasteiger charge is 2.39. The Bertz CT molecular complexity index is 1890. The summed E-state index contributed by atoms with van der Waals surface area (Å²) in [4.78, 5) is 44.1. The minimum atomic E-state index is -0.0552. The van der Waals surface area contributed by atoms with Gasteiger partial charge in [-0.1, -0.05) is 229 Å². The summed E-state index contributed by atoms with van der Waals surface area (Å²) in [5.74, 6) is 18.6. The summed E-state index contributed by atoms with van der Waals surface area (Å²) in [6.45, 7) is 21.8. The lowest BCUT2D eigenvalue weighted by molar-refractivity contribution is -0.274. The monoisotopic (exact) mass is 1290 g/mol. The maximum absolute atomic E-state index is 12.0. The Morgan fingerprint density at radius 3 is 1.16 bits per heavy atom. The molecule has 0 amide bonds. The molecule has 8 nitrogen and oxygen atoms in total. The summed E-state index contributed by atoms with van der Waals surface area (Å²) in [6.07, 6.45) is 62.9. The zero-order valence-electron chi connectivity index (χ0n) is 62.9. The van der Waals surface area contributed by atoms with Gasteiger partial charge in [-0.15, -0.1) is 0 Å². The van der Waals surface area contributed by atoms with Gasteiger partial charge < -0.3 is 9.47 Å². The number of methoxy groups -OCH3 is 2. The molecule has 6 saturated carbocycles. The first-order valence-corrected chi connectivity index (χ1v) is 41.0. The number of rotatable bonds is 51. The summed E-state index contributed by atoms with van der Waals surface area (Å²) in [7, 11) is 6.33. The average Bonchev–Trinajstić information content (AvgIpc) is 1.97. The maximum atomic E-state index is 12.0. The van der Waals surface area contributed by atoms with Gasteiger partial charge in [-0.25, -0.2) is 19.6 Å². The molecular formula is C84H154O8. The fourth-order valence-electron chi connectivity index (χ4n) is 21.0. The molecule has 0 heterocycles. The molecule has 8 heteroatoms. The summed E-state index contributed by atoms with van der Waals surface area (Å²) < 4.78 is 9.97. The Morgan fingerprint density at radius 2 is 0.674 bits per heavy atom. The first-order chi connectivity index (χ1) is 44.5. The van der Waals surface area contributed by atoms with Crippen molar-refractivity contribution in [2.45, 2.75) is 351 Å². The third-order valence-corrected chi connectivity index (χ3v) is 27.9. The predicted octanol–water partition coefficient (Wildman–Crippen LogP) is 24.2. The molecular weight excluding hydrogens is 1140 g/mol. The molecule has 0 aromatic carbocycles. The SMILES string of the molecule is COOCC[C@H](C)CCC[C@H]1CC[C@H]([C@H](C)CCC[C@@H](CC[C@@H](C)CCC[C@@H](C)[C@H]2CC[C@H](C3CC[C@H](CC(=O)OC)C3)C2)CC[C@@H](CCC[C@@H](C)[C@H]2CC[C@H](C3CC[C@H](CCOOC)C3)C2)CC[C@@H](C)CCC[C@@H](C)[C@H]2CC[C@H](CCC[C@@H](C)CC(=O)OC)C2)C1. The average molecular weight is 1290 g/mol. The van der Waals surface area contributed by atoms with Crippen molar-refractivity contribution in [2.75, 3.05) is 41.7 Å². The minimum absolute atomic E-state index is 0.00821. The molecule has 0 bridgehead atoms. The number of hydrogen-bond acceptors (Lipinski definition) is 8. The van der Waals surface area contributed by atoms with Crippen molar-refractivity contribution in [3.63, 3.8) is 0 Å². The Hall–Kier alpha value is -1.22. The molecule has 6 aliphatic rings. The Labute approximate surface area is 570 Å². The van der Waals surface area contributed by atoms with Gasteiger partial charge in [0.2, 0.25) is 0 Å². The Balaban J connectivity index is 0.999. The number of ether oxygens (including phenoxy) is 2. The Kier molecular flexibility index (Phi) is 39.4. The van der Waals surface area contributed by atoms with Crippen LogP contribution in [0.15, 0.2) is 0 Å². The maximum Gasteiger partial charge on any atom is 0.305 e. The number of hydrogen-bond donors (Lipinski definition) is 0. The molecule has 0 aliphatic heterocycles. The van der Waals surface area contributed by atoms with Gasteiger partial charge in [0.25, 0.3) is 0 Å². The van der Waals surface area contributed by atoms with Crippen molar-refractivity contribution in [2.24, 2.45) is 130 Å². The molecule has 6 fully saturated rings. The van der Waals surface area contributed by atoms with Gasteiger partial charge in [-0.2, -0.15) is 0 Å². The largest absolute Gasteiger partial charge is 0.469 e. The van der Waals surface area contributed by atoms with Gasteiger partial charge in [0.15, 0.2) is 0 Å². The van der Waals surface area contributed by atoms with E-state index in [9.17, 15) is 9.59 Å². The fourth-order valence-corrected chi connectivity index (χ4v) is 21.0. The van der Waals surface area contributed by atoms with Crippen LogP contribution in [0.2, 0.25) is 0 Å². The minimum Gasteiger partial charge on any atom is -0.469 e. The summed E-state index contributed by atoms with van der Waals surface area (Å²) >= 11 is 0. The highest BCUT2D eigenvalue weighted by Crippen LogP contribution is 2.50. The van der Waals surface area contributed by atoms with Crippen LogP contribution in [0.1, 0.15) is 351 Å².